The summed E-state index contributed by atoms with van der Waals surface area (Å²) in [7, 11) is 1.60. The van der Waals surface area contributed by atoms with Crippen LogP contribution in [0.1, 0.15) is 24.5 Å². The van der Waals surface area contributed by atoms with Crippen molar-refractivity contribution >= 4 is 78.1 Å². The number of rotatable bonds is 8. The van der Waals surface area contributed by atoms with Gasteiger partial charge in [-0.05, 0) is 99.8 Å². The van der Waals surface area contributed by atoms with Crippen LogP contribution in [0.25, 0.3) is 6.08 Å². The molecule has 3 aromatic carbocycles. The summed E-state index contributed by atoms with van der Waals surface area (Å²) < 4.78 is 13.4. The summed E-state index contributed by atoms with van der Waals surface area (Å²) in [6.07, 6.45) is 2.68. The molecule has 0 spiro atoms. The second-order valence-electron chi connectivity index (χ2n) is 7.89. The molecule has 3 aromatic rings. The zero-order valence-electron chi connectivity index (χ0n) is 19.6. The van der Waals surface area contributed by atoms with Gasteiger partial charge in [0, 0.05) is 16.0 Å². The predicted octanol–water partition coefficient (Wildman–Crippen LogP) is 8.47. The Morgan fingerprint density at radius 3 is 2.47 bits per heavy atom. The lowest BCUT2D eigenvalue weighted by molar-refractivity contribution is -0.122. The molecule has 1 saturated heterocycles. The molecule has 0 aromatic heterocycles. The summed E-state index contributed by atoms with van der Waals surface area (Å²) in [6.45, 7) is 3.02. The van der Waals surface area contributed by atoms with Crippen LogP contribution >= 0.6 is 55.2 Å². The standard InChI is InChI=1S/C27H23Br2ClN2O3S/c1-3-12-32-26(33)24(36-27(32)31-21-10-8-20(30)9-11-21)15-18-13-22(29)25(23(14-18)34-2)35-16-17-4-6-19(28)7-5-17/h4-11,13-15H,3,12,16H2,1-2H3/b24-15-,31-27?. The van der Waals surface area contributed by atoms with Crippen LogP contribution in [0.3, 0.4) is 0 Å². The molecule has 1 amide bonds. The number of amides is 1. The molecule has 186 valence electrons. The number of carbonyl (C=O) groups excluding carboxylic acids is 1. The molecule has 0 unspecified atom stereocenters. The first-order valence-electron chi connectivity index (χ1n) is 11.2. The fourth-order valence-corrected chi connectivity index (χ4v) is 5.48. The number of thioether (sulfide) groups is 1. The Morgan fingerprint density at radius 2 is 1.81 bits per heavy atom. The number of carbonyl (C=O) groups is 1. The van der Waals surface area contributed by atoms with Gasteiger partial charge < -0.3 is 9.47 Å². The van der Waals surface area contributed by atoms with E-state index < -0.39 is 0 Å². The van der Waals surface area contributed by atoms with Gasteiger partial charge in [0.15, 0.2) is 16.7 Å². The second-order valence-corrected chi connectivity index (χ2v) is 11.1. The van der Waals surface area contributed by atoms with Crippen molar-refractivity contribution in [3.8, 4) is 11.5 Å². The van der Waals surface area contributed by atoms with Crippen LogP contribution in [-0.2, 0) is 11.4 Å². The van der Waals surface area contributed by atoms with E-state index in [-0.39, 0.29) is 5.91 Å². The number of amidine groups is 1. The van der Waals surface area contributed by atoms with E-state index in [4.69, 9.17) is 26.1 Å². The van der Waals surface area contributed by atoms with Crippen LogP contribution in [0.5, 0.6) is 11.5 Å². The molecular formula is C27H23Br2ClN2O3S. The van der Waals surface area contributed by atoms with Crippen LogP contribution in [-0.4, -0.2) is 29.6 Å². The molecule has 1 aliphatic heterocycles. The van der Waals surface area contributed by atoms with E-state index in [1.54, 1.807) is 24.1 Å². The van der Waals surface area contributed by atoms with Crippen molar-refractivity contribution in [3.63, 3.8) is 0 Å². The van der Waals surface area contributed by atoms with Gasteiger partial charge in [0.05, 0.1) is 22.2 Å². The SMILES string of the molecule is CCCN1C(=O)/C(=C/c2cc(Br)c(OCc3ccc(Br)cc3)c(OC)c2)SC1=Nc1ccc(Cl)cc1. The first-order valence-corrected chi connectivity index (χ1v) is 14.0. The monoisotopic (exact) mass is 648 g/mol. The largest absolute Gasteiger partial charge is 0.493 e. The molecule has 5 nitrogen and oxygen atoms in total. The highest BCUT2D eigenvalue weighted by Crippen LogP contribution is 2.40. The quantitative estimate of drug-likeness (QED) is 0.230. The lowest BCUT2D eigenvalue weighted by atomic mass is 10.1. The van der Waals surface area contributed by atoms with Gasteiger partial charge in [-0.1, -0.05) is 46.6 Å². The van der Waals surface area contributed by atoms with Gasteiger partial charge in [0.1, 0.15) is 6.61 Å². The molecule has 0 radical (unpaired) electrons. The summed E-state index contributed by atoms with van der Waals surface area (Å²) in [5.41, 5.74) is 2.60. The fraction of sp³-hybridized carbons (Fsp3) is 0.185. The Kier molecular flexibility index (Phi) is 9.17. The van der Waals surface area contributed by atoms with Crippen molar-refractivity contribution in [2.45, 2.75) is 20.0 Å². The number of ether oxygens (including phenoxy) is 2. The van der Waals surface area contributed by atoms with Gasteiger partial charge in [-0.3, -0.25) is 9.69 Å². The molecular weight excluding hydrogens is 628 g/mol. The van der Waals surface area contributed by atoms with Crippen LogP contribution in [0, 0.1) is 0 Å². The zero-order chi connectivity index (χ0) is 25.7. The Balaban J connectivity index is 1.59. The molecule has 1 fully saturated rings. The second kappa shape index (κ2) is 12.3. The average molecular weight is 651 g/mol. The minimum absolute atomic E-state index is 0.0692. The van der Waals surface area contributed by atoms with Gasteiger partial charge >= 0.3 is 0 Å². The van der Waals surface area contributed by atoms with Gasteiger partial charge in [0.25, 0.3) is 5.91 Å². The van der Waals surface area contributed by atoms with Crippen molar-refractivity contribution in [1.29, 1.82) is 0 Å². The highest BCUT2D eigenvalue weighted by molar-refractivity contribution is 9.10. The number of aliphatic imine (C=N–C) groups is 1. The minimum Gasteiger partial charge on any atom is -0.493 e. The smallest absolute Gasteiger partial charge is 0.266 e. The average Bonchev–Trinajstić information content (AvgIpc) is 3.14. The summed E-state index contributed by atoms with van der Waals surface area (Å²) in [4.78, 5) is 20.2. The lowest BCUT2D eigenvalue weighted by Crippen LogP contribution is -2.29. The van der Waals surface area contributed by atoms with E-state index in [1.165, 1.54) is 11.8 Å². The third kappa shape index (κ3) is 6.54. The van der Waals surface area contributed by atoms with E-state index in [2.05, 4.69) is 31.9 Å². The van der Waals surface area contributed by atoms with Gasteiger partial charge in [-0.15, -0.1) is 0 Å². The maximum atomic E-state index is 13.2. The number of nitrogens with zero attached hydrogens (tertiary/aromatic N) is 2. The first kappa shape index (κ1) is 26.8. The van der Waals surface area contributed by atoms with E-state index >= 15 is 0 Å². The van der Waals surface area contributed by atoms with Crippen LogP contribution in [0.4, 0.5) is 5.69 Å². The molecule has 4 rings (SSSR count). The Morgan fingerprint density at radius 1 is 1.08 bits per heavy atom. The molecule has 0 saturated carbocycles. The first-order chi connectivity index (χ1) is 17.4. The summed E-state index contributed by atoms with van der Waals surface area (Å²) in [5.74, 6) is 1.11. The molecule has 0 aliphatic carbocycles. The number of halogens is 3. The third-order valence-corrected chi connectivity index (χ3v) is 7.61. The third-order valence-electron chi connectivity index (χ3n) is 5.23. The molecule has 0 atom stereocenters. The van der Waals surface area contributed by atoms with Crippen LogP contribution in [0.15, 0.2) is 79.5 Å². The van der Waals surface area contributed by atoms with Crippen LogP contribution in [0.2, 0.25) is 5.02 Å². The van der Waals surface area contributed by atoms with Crippen molar-refractivity contribution in [1.82, 2.24) is 4.90 Å². The predicted molar refractivity (Wildman–Crippen MR) is 155 cm³/mol. The maximum absolute atomic E-state index is 13.2. The van der Waals surface area contributed by atoms with Gasteiger partial charge in [-0.2, -0.15) is 0 Å². The Hall–Kier alpha value is -2.26. The minimum atomic E-state index is -0.0692. The molecule has 1 heterocycles. The lowest BCUT2D eigenvalue weighted by Gasteiger charge is -2.14. The number of methoxy groups -OCH3 is 1. The van der Waals surface area contributed by atoms with Crippen molar-refractivity contribution in [3.05, 3.63) is 90.7 Å². The van der Waals surface area contributed by atoms with E-state index in [0.717, 1.165) is 32.2 Å². The normalized spacial score (nSPS) is 15.7. The molecule has 36 heavy (non-hydrogen) atoms. The summed E-state index contributed by atoms with van der Waals surface area (Å²) >= 11 is 14.4. The maximum Gasteiger partial charge on any atom is 0.266 e. The number of benzene rings is 3. The zero-order valence-corrected chi connectivity index (χ0v) is 24.4. The Labute approximate surface area is 236 Å². The van der Waals surface area contributed by atoms with Crippen molar-refractivity contribution < 1.29 is 14.3 Å². The van der Waals surface area contributed by atoms with Crippen LogP contribution < -0.4 is 9.47 Å². The van der Waals surface area contributed by atoms with Crippen molar-refractivity contribution in [2.75, 3.05) is 13.7 Å². The highest BCUT2D eigenvalue weighted by Gasteiger charge is 2.33. The topological polar surface area (TPSA) is 51.1 Å². The summed E-state index contributed by atoms with van der Waals surface area (Å²) in [5, 5.41) is 1.29. The summed E-state index contributed by atoms with van der Waals surface area (Å²) in [6, 6.07) is 19.0. The molecule has 0 N–H and O–H groups in total. The fourth-order valence-electron chi connectivity index (χ4n) is 3.49. The number of hydrogen-bond donors (Lipinski definition) is 0. The van der Waals surface area contributed by atoms with Gasteiger partial charge in [-0.25, -0.2) is 4.99 Å². The van der Waals surface area contributed by atoms with Gasteiger partial charge in [0.2, 0.25) is 0 Å². The van der Waals surface area contributed by atoms with E-state index in [9.17, 15) is 4.79 Å². The molecule has 0 bridgehead atoms. The van der Waals surface area contributed by atoms with E-state index in [1.807, 2.05) is 61.5 Å². The Bertz CT molecular complexity index is 1310. The van der Waals surface area contributed by atoms with Crippen molar-refractivity contribution in [2.24, 2.45) is 4.99 Å². The number of hydrogen-bond acceptors (Lipinski definition) is 5. The molecule has 1 aliphatic rings. The van der Waals surface area contributed by atoms with E-state index in [0.29, 0.717) is 39.7 Å². The molecule has 9 heteroatoms. The highest BCUT2D eigenvalue weighted by atomic mass is 79.9.